The van der Waals surface area contributed by atoms with Gasteiger partial charge in [0.1, 0.15) is 17.6 Å². The molecule has 0 fully saturated rings. The predicted octanol–water partition coefficient (Wildman–Crippen LogP) is 3.86. The van der Waals surface area contributed by atoms with E-state index in [1.165, 1.54) is 11.6 Å². The predicted molar refractivity (Wildman–Crippen MR) is 75.1 cm³/mol. The van der Waals surface area contributed by atoms with E-state index in [0.717, 1.165) is 24.8 Å². The maximum Gasteiger partial charge on any atom is 0.131 e. The van der Waals surface area contributed by atoms with E-state index in [2.05, 4.69) is 6.07 Å². The maximum absolute atomic E-state index is 14.1. The van der Waals surface area contributed by atoms with Crippen LogP contribution in [0.1, 0.15) is 23.1 Å². The van der Waals surface area contributed by atoms with Crippen molar-refractivity contribution in [2.24, 2.45) is 0 Å². The number of rotatable bonds is 2. The first-order chi connectivity index (χ1) is 9.74. The summed E-state index contributed by atoms with van der Waals surface area (Å²) in [7, 11) is 1.55. The molecular formula is C17H14FNO. The van der Waals surface area contributed by atoms with Gasteiger partial charge in [0, 0.05) is 11.1 Å². The highest BCUT2D eigenvalue weighted by atomic mass is 19.1. The lowest BCUT2D eigenvalue weighted by atomic mass is 9.93. The van der Waals surface area contributed by atoms with E-state index in [1.54, 1.807) is 19.2 Å². The molecule has 0 saturated heterocycles. The number of nitrogens with zero attached hydrogens (tertiary/aromatic N) is 1. The third kappa shape index (κ3) is 1.94. The molecule has 0 saturated carbocycles. The number of nitriles is 1. The molecule has 0 N–H and O–H groups in total. The molecule has 2 nitrogen and oxygen atoms in total. The summed E-state index contributed by atoms with van der Waals surface area (Å²) < 4.78 is 19.2. The van der Waals surface area contributed by atoms with Crippen molar-refractivity contribution in [3.8, 4) is 22.9 Å². The largest absolute Gasteiger partial charge is 0.497 e. The molecule has 0 aromatic heterocycles. The van der Waals surface area contributed by atoms with E-state index in [1.807, 2.05) is 12.1 Å². The van der Waals surface area contributed by atoms with Gasteiger partial charge in [-0.25, -0.2) is 4.39 Å². The number of hydrogen-bond donors (Lipinski definition) is 0. The van der Waals surface area contributed by atoms with Crippen molar-refractivity contribution in [3.63, 3.8) is 0 Å². The van der Waals surface area contributed by atoms with Crippen LogP contribution in [0.5, 0.6) is 5.75 Å². The van der Waals surface area contributed by atoms with Crippen molar-refractivity contribution in [1.82, 2.24) is 0 Å². The van der Waals surface area contributed by atoms with Gasteiger partial charge in [0.25, 0.3) is 0 Å². The zero-order valence-corrected chi connectivity index (χ0v) is 11.2. The summed E-state index contributed by atoms with van der Waals surface area (Å²) in [4.78, 5) is 0. The maximum atomic E-state index is 14.1. The van der Waals surface area contributed by atoms with Crippen LogP contribution in [0.3, 0.4) is 0 Å². The average molecular weight is 267 g/mol. The van der Waals surface area contributed by atoms with Crippen LogP contribution in [0.25, 0.3) is 11.1 Å². The Bertz CT molecular complexity index is 716. The van der Waals surface area contributed by atoms with Gasteiger partial charge >= 0.3 is 0 Å². The van der Waals surface area contributed by atoms with Crippen LogP contribution in [-0.4, -0.2) is 7.11 Å². The standard InChI is InChI=1S/C17H14FNO/c1-20-12-6-8-17(18)15(9-12)14-7-5-11-3-2-4-13(11)16(14)10-19/h5-9H,2-4H2,1H3. The van der Waals surface area contributed by atoms with Gasteiger partial charge in [0.05, 0.1) is 12.7 Å². The number of hydrogen-bond acceptors (Lipinski definition) is 2. The first-order valence-corrected chi connectivity index (χ1v) is 6.63. The van der Waals surface area contributed by atoms with Gasteiger partial charge < -0.3 is 4.74 Å². The fraction of sp³-hybridized carbons (Fsp3) is 0.235. The summed E-state index contributed by atoms with van der Waals surface area (Å²) in [6.07, 6.45) is 2.97. The molecule has 0 heterocycles. The summed E-state index contributed by atoms with van der Waals surface area (Å²) in [5.74, 6) is 0.256. The van der Waals surface area contributed by atoms with Crippen LogP contribution in [0, 0.1) is 17.1 Å². The lowest BCUT2D eigenvalue weighted by Crippen LogP contribution is -1.95. The Balaban J connectivity index is 2.23. The molecule has 20 heavy (non-hydrogen) atoms. The normalized spacial score (nSPS) is 12.8. The minimum atomic E-state index is -0.333. The van der Waals surface area contributed by atoms with Crippen molar-refractivity contribution in [2.45, 2.75) is 19.3 Å². The highest BCUT2D eigenvalue weighted by molar-refractivity contribution is 5.75. The van der Waals surface area contributed by atoms with Crippen molar-refractivity contribution in [3.05, 3.63) is 52.8 Å². The number of fused-ring (bicyclic) bond motifs is 1. The molecule has 100 valence electrons. The fourth-order valence-electron chi connectivity index (χ4n) is 2.86. The van der Waals surface area contributed by atoms with Gasteiger partial charge in [0.15, 0.2) is 0 Å². The molecule has 2 aromatic rings. The van der Waals surface area contributed by atoms with E-state index in [0.29, 0.717) is 22.4 Å². The zero-order chi connectivity index (χ0) is 14.1. The Morgan fingerprint density at radius 1 is 1.15 bits per heavy atom. The van der Waals surface area contributed by atoms with Gasteiger partial charge in [-0.15, -0.1) is 0 Å². The van der Waals surface area contributed by atoms with Crippen molar-refractivity contribution in [1.29, 1.82) is 5.26 Å². The summed E-state index contributed by atoms with van der Waals surface area (Å²) >= 11 is 0. The molecule has 2 aromatic carbocycles. The SMILES string of the molecule is COc1ccc(F)c(-c2ccc3c(c2C#N)CCC3)c1. The van der Waals surface area contributed by atoms with E-state index in [4.69, 9.17) is 4.74 Å². The van der Waals surface area contributed by atoms with Crippen LogP contribution in [0.2, 0.25) is 0 Å². The summed E-state index contributed by atoms with van der Waals surface area (Å²) in [6.45, 7) is 0. The van der Waals surface area contributed by atoms with Crippen molar-refractivity contribution < 1.29 is 9.13 Å². The molecule has 0 atom stereocenters. The quantitative estimate of drug-likeness (QED) is 0.827. The van der Waals surface area contributed by atoms with Crippen molar-refractivity contribution >= 4 is 0 Å². The van der Waals surface area contributed by atoms with Gasteiger partial charge in [-0.3, -0.25) is 0 Å². The second kappa shape index (κ2) is 4.97. The molecule has 1 aliphatic rings. The topological polar surface area (TPSA) is 33.0 Å². The lowest BCUT2D eigenvalue weighted by Gasteiger charge is -2.11. The zero-order valence-electron chi connectivity index (χ0n) is 11.2. The van der Waals surface area contributed by atoms with Gasteiger partial charge in [-0.1, -0.05) is 12.1 Å². The Labute approximate surface area is 117 Å². The second-order valence-electron chi connectivity index (χ2n) is 4.94. The Morgan fingerprint density at radius 2 is 2.00 bits per heavy atom. The van der Waals surface area contributed by atoms with Gasteiger partial charge in [-0.05, 0) is 48.6 Å². The first-order valence-electron chi connectivity index (χ1n) is 6.63. The molecule has 0 aliphatic heterocycles. The fourth-order valence-corrected chi connectivity index (χ4v) is 2.86. The third-order valence-electron chi connectivity index (χ3n) is 3.86. The first kappa shape index (κ1) is 12.7. The van der Waals surface area contributed by atoms with Crippen molar-refractivity contribution in [2.75, 3.05) is 7.11 Å². The van der Waals surface area contributed by atoms with E-state index in [-0.39, 0.29) is 5.82 Å². The molecule has 0 amide bonds. The molecular weight excluding hydrogens is 253 g/mol. The minimum Gasteiger partial charge on any atom is -0.497 e. The Morgan fingerprint density at radius 3 is 2.75 bits per heavy atom. The molecule has 0 bridgehead atoms. The number of methoxy groups -OCH3 is 1. The molecule has 3 rings (SSSR count). The Kier molecular flexibility index (Phi) is 3.15. The van der Waals surface area contributed by atoms with Crippen LogP contribution < -0.4 is 4.74 Å². The third-order valence-corrected chi connectivity index (χ3v) is 3.86. The summed E-state index contributed by atoms with van der Waals surface area (Å²) in [5, 5.41) is 9.46. The van der Waals surface area contributed by atoms with Crippen LogP contribution in [-0.2, 0) is 12.8 Å². The number of ether oxygens (including phenoxy) is 1. The molecule has 0 radical (unpaired) electrons. The minimum absolute atomic E-state index is 0.333. The summed E-state index contributed by atoms with van der Waals surface area (Å²) in [5.41, 5.74) is 3.98. The average Bonchev–Trinajstić information content (AvgIpc) is 2.95. The van der Waals surface area contributed by atoms with Crippen LogP contribution >= 0.6 is 0 Å². The Hall–Kier alpha value is -2.34. The van der Waals surface area contributed by atoms with E-state index < -0.39 is 0 Å². The summed E-state index contributed by atoms with van der Waals surface area (Å²) in [6, 6.07) is 10.7. The highest BCUT2D eigenvalue weighted by Gasteiger charge is 2.20. The molecule has 0 spiro atoms. The molecule has 0 unspecified atom stereocenters. The van der Waals surface area contributed by atoms with E-state index in [9.17, 15) is 9.65 Å². The smallest absolute Gasteiger partial charge is 0.131 e. The van der Waals surface area contributed by atoms with Gasteiger partial charge in [-0.2, -0.15) is 5.26 Å². The number of aryl methyl sites for hydroxylation is 1. The lowest BCUT2D eigenvalue weighted by molar-refractivity contribution is 0.414. The van der Waals surface area contributed by atoms with Crippen LogP contribution in [0.15, 0.2) is 30.3 Å². The van der Waals surface area contributed by atoms with Crippen LogP contribution in [0.4, 0.5) is 4.39 Å². The monoisotopic (exact) mass is 267 g/mol. The van der Waals surface area contributed by atoms with Gasteiger partial charge in [0.2, 0.25) is 0 Å². The number of halogens is 1. The second-order valence-corrected chi connectivity index (χ2v) is 4.94. The highest BCUT2D eigenvalue weighted by Crippen LogP contribution is 2.35. The van der Waals surface area contributed by atoms with E-state index >= 15 is 0 Å². The molecule has 3 heteroatoms. The number of benzene rings is 2. The molecule has 1 aliphatic carbocycles.